The van der Waals surface area contributed by atoms with E-state index >= 15 is 0 Å². The quantitative estimate of drug-likeness (QED) is 0.872. The lowest BCUT2D eigenvalue weighted by molar-refractivity contribution is 0.332. The van der Waals surface area contributed by atoms with E-state index in [9.17, 15) is 0 Å². The molecule has 1 saturated carbocycles. The molecule has 1 aromatic rings. The summed E-state index contributed by atoms with van der Waals surface area (Å²) in [6.07, 6.45) is 5.41. The van der Waals surface area contributed by atoms with Crippen LogP contribution in [0.25, 0.3) is 0 Å². The number of thiazole rings is 1. The molecule has 2 fully saturated rings. The molecule has 1 N–H and O–H groups in total. The van der Waals surface area contributed by atoms with Gasteiger partial charge in [-0.05, 0) is 50.6 Å². The van der Waals surface area contributed by atoms with Crippen molar-refractivity contribution < 1.29 is 0 Å². The van der Waals surface area contributed by atoms with E-state index < -0.39 is 0 Å². The highest BCUT2D eigenvalue weighted by atomic mass is 32.1. The summed E-state index contributed by atoms with van der Waals surface area (Å²) in [7, 11) is 0. The average molecular weight is 236 g/mol. The Kier molecular flexibility index (Phi) is 2.99. The molecule has 1 unspecified atom stereocenters. The third-order valence-electron chi connectivity index (χ3n) is 4.09. The van der Waals surface area contributed by atoms with Gasteiger partial charge in [0.25, 0.3) is 0 Å². The van der Waals surface area contributed by atoms with Gasteiger partial charge in [-0.15, -0.1) is 11.3 Å². The molecule has 0 amide bonds. The van der Waals surface area contributed by atoms with Crippen molar-refractivity contribution in [2.45, 2.75) is 44.4 Å². The van der Waals surface area contributed by atoms with Crippen LogP contribution in [0.1, 0.15) is 55.0 Å². The standard InChI is InChI=1S/C13H20N2S/c1-9(10-4-6-14-7-5-10)13-12(11-2-3-11)15-8-16-13/h8-11,14H,2-7H2,1H3. The van der Waals surface area contributed by atoms with Gasteiger partial charge in [-0.3, -0.25) is 0 Å². The van der Waals surface area contributed by atoms with E-state index in [2.05, 4.69) is 22.7 Å². The minimum absolute atomic E-state index is 0.727. The largest absolute Gasteiger partial charge is 0.317 e. The number of hydrogen-bond donors (Lipinski definition) is 1. The first-order valence-electron chi connectivity index (χ1n) is 6.50. The second-order valence-electron chi connectivity index (χ2n) is 5.25. The van der Waals surface area contributed by atoms with Crippen LogP contribution in [0.15, 0.2) is 5.51 Å². The molecule has 88 valence electrons. The minimum Gasteiger partial charge on any atom is -0.317 e. The summed E-state index contributed by atoms with van der Waals surface area (Å²) >= 11 is 1.89. The lowest BCUT2D eigenvalue weighted by Crippen LogP contribution is -2.30. The smallest absolute Gasteiger partial charge is 0.0797 e. The van der Waals surface area contributed by atoms with Gasteiger partial charge >= 0.3 is 0 Å². The predicted molar refractivity (Wildman–Crippen MR) is 68.1 cm³/mol. The van der Waals surface area contributed by atoms with Crippen molar-refractivity contribution in [2.75, 3.05) is 13.1 Å². The molecule has 1 aliphatic heterocycles. The van der Waals surface area contributed by atoms with Crippen molar-refractivity contribution in [2.24, 2.45) is 5.92 Å². The van der Waals surface area contributed by atoms with Crippen molar-refractivity contribution in [1.82, 2.24) is 10.3 Å². The summed E-state index contributed by atoms with van der Waals surface area (Å²) in [5.74, 6) is 2.41. The molecule has 1 aliphatic carbocycles. The molecular weight excluding hydrogens is 216 g/mol. The van der Waals surface area contributed by atoms with E-state index in [1.54, 1.807) is 4.88 Å². The summed E-state index contributed by atoms with van der Waals surface area (Å²) in [5, 5.41) is 3.45. The average Bonchev–Trinajstić information content (AvgIpc) is 3.07. The molecule has 1 saturated heterocycles. The Labute approximate surface area is 101 Å². The highest BCUT2D eigenvalue weighted by Crippen LogP contribution is 2.45. The second kappa shape index (κ2) is 4.46. The minimum atomic E-state index is 0.727. The second-order valence-corrected chi connectivity index (χ2v) is 6.14. The van der Waals surface area contributed by atoms with Crippen molar-refractivity contribution >= 4 is 11.3 Å². The zero-order valence-corrected chi connectivity index (χ0v) is 10.7. The van der Waals surface area contributed by atoms with Crippen molar-refractivity contribution in [3.8, 4) is 0 Å². The van der Waals surface area contributed by atoms with Crippen LogP contribution in [0.5, 0.6) is 0 Å². The number of nitrogens with one attached hydrogen (secondary N) is 1. The third-order valence-corrected chi connectivity index (χ3v) is 5.14. The number of aromatic nitrogens is 1. The molecular formula is C13H20N2S. The van der Waals surface area contributed by atoms with E-state index in [1.807, 2.05) is 11.3 Å². The summed E-state index contributed by atoms with van der Waals surface area (Å²) in [6, 6.07) is 0. The molecule has 0 aromatic carbocycles. The van der Waals surface area contributed by atoms with E-state index in [4.69, 9.17) is 0 Å². The molecule has 1 atom stereocenters. The summed E-state index contributed by atoms with van der Waals surface area (Å²) in [4.78, 5) is 6.19. The molecule has 16 heavy (non-hydrogen) atoms. The maximum Gasteiger partial charge on any atom is 0.0797 e. The molecule has 2 aliphatic rings. The van der Waals surface area contributed by atoms with Gasteiger partial charge in [0.2, 0.25) is 0 Å². The van der Waals surface area contributed by atoms with Gasteiger partial charge in [0.15, 0.2) is 0 Å². The Morgan fingerprint density at radius 2 is 2.06 bits per heavy atom. The molecule has 1 aromatic heterocycles. The molecule has 3 heteroatoms. The topological polar surface area (TPSA) is 24.9 Å². The van der Waals surface area contributed by atoms with Crippen LogP contribution in [0, 0.1) is 5.92 Å². The van der Waals surface area contributed by atoms with E-state index in [1.165, 1.54) is 44.5 Å². The van der Waals surface area contributed by atoms with Crippen LogP contribution in [0.4, 0.5) is 0 Å². The van der Waals surface area contributed by atoms with Crippen LogP contribution in [0.2, 0.25) is 0 Å². The first-order chi connectivity index (χ1) is 7.86. The lowest BCUT2D eigenvalue weighted by Gasteiger charge is -2.28. The Balaban J connectivity index is 1.76. The molecule has 0 spiro atoms. The van der Waals surface area contributed by atoms with E-state index in [0.29, 0.717) is 0 Å². The fourth-order valence-electron chi connectivity index (χ4n) is 2.83. The van der Waals surface area contributed by atoms with E-state index in [0.717, 1.165) is 17.8 Å². The van der Waals surface area contributed by atoms with Crippen LogP contribution >= 0.6 is 11.3 Å². The number of rotatable bonds is 3. The normalized spacial score (nSPS) is 24.6. The Bertz CT molecular complexity index is 351. The van der Waals surface area contributed by atoms with Gasteiger partial charge in [0, 0.05) is 10.8 Å². The SMILES string of the molecule is CC(c1scnc1C1CC1)C1CCNCC1. The summed E-state index contributed by atoms with van der Waals surface area (Å²) in [5.41, 5.74) is 3.50. The molecule has 0 bridgehead atoms. The van der Waals surface area contributed by atoms with Crippen LogP contribution in [0.3, 0.4) is 0 Å². The van der Waals surface area contributed by atoms with Crippen molar-refractivity contribution in [3.05, 3.63) is 16.1 Å². The number of piperidine rings is 1. The van der Waals surface area contributed by atoms with Gasteiger partial charge < -0.3 is 5.32 Å². The predicted octanol–water partition coefficient (Wildman–Crippen LogP) is 3.12. The first-order valence-corrected chi connectivity index (χ1v) is 7.38. The van der Waals surface area contributed by atoms with E-state index in [-0.39, 0.29) is 0 Å². The van der Waals surface area contributed by atoms with Gasteiger partial charge in [-0.1, -0.05) is 6.92 Å². The molecule has 0 radical (unpaired) electrons. The zero-order valence-electron chi connectivity index (χ0n) is 9.91. The Morgan fingerprint density at radius 3 is 2.75 bits per heavy atom. The van der Waals surface area contributed by atoms with Gasteiger partial charge in [0.05, 0.1) is 11.2 Å². The monoisotopic (exact) mass is 236 g/mol. The third kappa shape index (κ3) is 2.03. The van der Waals surface area contributed by atoms with Crippen molar-refractivity contribution in [1.29, 1.82) is 0 Å². The number of hydrogen-bond acceptors (Lipinski definition) is 3. The lowest BCUT2D eigenvalue weighted by atomic mass is 9.84. The maximum atomic E-state index is 4.60. The number of nitrogens with zero attached hydrogens (tertiary/aromatic N) is 1. The van der Waals surface area contributed by atoms with Gasteiger partial charge in [-0.25, -0.2) is 4.98 Å². The Hall–Kier alpha value is -0.410. The summed E-state index contributed by atoms with van der Waals surface area (Å²) < 4.78 is 0. The molecule has 2 heterocycles. The van der Waals surface area contributed by atoms with Gasteiger partial charge in [0.1, 0.15) is 0 Å². The molecule has 3 rings (SSSR count). The zero-order chi connectivity index (χ0) is 11.0. The van der Waals surface area contributed by atoms with Crippen LogP contribution < -0.4 is 5.32 Å². The van der Waals surface area contributed by atoms with Crippen LogP contribution in [-0.2, 0) is 0 Å². The maximum absolute atomic E-state index is 4.60. The van der Waals surface area contributed by atoms with Crippen molar-refractivity contribution in [3.63, 3.8) is 0 Å². The van der Waals surface area contributed by atoms with Gasteiger partial charge in [-0.2, -0.15) is 0 Å². The highest BCUT2D eigenvalue weighted by Gasteiger charge is 2.32. The highest BCUT2D eigenvalue weighted by molar-refractivity contribution is 7.09. The first kappa shape index (κ1) is 10.7. The van der Waals surface area contributed by atoms with Crippen LogP contribution in [-0.4, -0.2) is 18.1 Å². The molecule has 2 nitrogen and oxygen atoms in total. The fourth-order valence-corrected chi connectivity index (χ4v) is 3.85. The summed E-state index contributed by atoms with van der Waals surface area (Å²) in [6.45, 7) is 4.81. The fraction of sp³-hybridized carbons (Fsp3) is 0.769. The Morgan fingerprint density at radius 1 is 1.31 bits per heavy atom.